The highest BCUT2D eigenvalue weighted by Crippen LogP contribution is 2.61. The van der Waals surface area contributed by atoms with E-state index in [4.69, 9.17) is 0 Å². The first-order valence-corrected chi connectivity index (χ1v) is 14.5. The molecule has 0 aliphatic heterocycles. The molecule has 4 nitrogen and oxygen atoms in total. The van der Waals surface area contributed by atoms with E-state index >= 15 is 0 Å². The first-order valence-electron chi connectivity index (χ1n) is 14.5. The maximum absolute atomic E-state index is 12.1. The van der Waals surface area contributed by atoms with Gasteiger partial charge < -0.3 is 15.5 Å². The Morgan fingerprint density at radius 2 is 1.63 bits per heavy atom. The van der Waals surface area contributed by atoms with Crippen LogP contribution < -0.4 is 5.32 Å². The maximum atomic E-state index is 12.1. The standard InChI is InChI=1S/C19H32O2.C15H15NO/c1-13-4-5-14-10-15(6-8-18(13,14)2)19(3)9-7-17(21)11-16(19)12-20;1-16-11-12-7-9-14(10-8-12)15(17)13-5-3-2-4-6-13/h14-17,20-21H,1,4-12H2,2-3H3;2-10,16H,11H2,1H3. The molecule has 0 saturated heterocycles. The lowest BCUT2D eigenvalue weighted by Gasteiger charge is -2.52. The van der Waals surface area contributed by atoms with Crippen LogP contribution in [0.4, 0.5) is 0 Å². The van der Waals surface area contributed by atoms with E-state index in [0.29, 0.717) is 11.3 Å². The molecule has 2 aromatic rings. The van der Waals surface area contributed by atoms with Crippen molar-refractivity contribution in [1.82, 2.24) is 5.32 Å². The third kappa shape index (κ3) is 5.98. The summed E-state index contributed by atoms with van der Waals surface area (Å²) in [6.07, 6.45) is 8.96. The zero-order valence-corrected chi connectivity index (χ0v) is 23.6. The Bertz CT molecular complexity index is 1080. The van der Waals surface area contributed by atoms with Gasteiger partial charge in [0.05, 0.1) is 6.10 Å². The van der Waals surface area contributed by atoms with Gasteiger partial charge in [0.1, 0.15) is 0 Å². The lowest BCUT2D eigenvalue weighted by Crippen LogP contribution is -2.46. The monoisotopic (exact) mass is 517 g/mol. The van der Waals surface area contributed by atoms with Crippen molar-refractivity contribution in [2.45, 2.75) is 77.9 Å². The fourth-order valence-electron chi connectivity index (χ4n) is 7.49. The van der Waals surface area contributed by atoms with Gasteiger partial charge in [-0.25, -0.2) is 0 Å². The molecule has 2 aromatic carbocycles. The summed E-state index contributed by atoms with van der Waals surface area (Å²) in [6, 6.07) is 17.1. The van der Waals surface area contributed by atoms with E-state index in [-0.39, 0.29) is 29.8 Å². The van der Waals surface area contributed by atoms with E-state index in [2.05, 4.69) is 25.7 Å². The van der Waals surface area contributed by atoms with E-state index in [0.717, 1.165) is 42.9 Å². The number of hydrogen-bond donors (Lipinski definition) is 3. The molecule has 6 atom stereocenters. The van der Waals surface area contributed by atoms with Gasteiger partial charge in [0.25, 0.3) is 0 Å². The molecule has 0 bridgehead atoms. The number of ketones is 1. The highest BCUT2D eigenvalue weighted by atomic mass is 16.3. The summed E-state index contributed by atoms with van der Waals surface area (Å²) in [5.41, 5.74) is 4.73. The normalized spacial score (nSPS) is 32.7. The molecule has 3 aliphatic carbocycles. The van der Waals surface area contributed by atoms with Gasteiger partial charge in [-0.15, -0.1) is 0 Å². The summed E-state index contributed by atoms with van der Waals surface area (Å²) in [5, 5.41) is 22.9. The Morgan fingerprint density at radius 3 is 2.29 bits per heavy atom. The molecule has 6 unspecified atom stereocenters. The second-order valence-electron chi connectivity index (χ2n) is 12.5. The molecular formula is C34H47NO3. The zero-order valence-electron chi connectivity index (χ0n) is 23.6. The van der Waals surface area contributed by atoms with Gasteiger partial charge in [0.15, 0.2) is 5.78 Å². The zero-order chi connectivity index (χ0) is 27.3. The lowest BCUT2D eigenvalue weighted by molar-refractivity contribution is -0.0661. The number of hydrogen-bond acceptors (Lipinski definition) is 4. The number of carbonyl (C=O) groups excluding carboxylic acids is 1. The van der Waals surface area contributed by atoms with Gasteiger partial charge in [-0.3, -0.25) is 4.79 Å². The number of carbonyl (C=O) groups is 1. The van der Waals surface area contributed by atoms with Crippen LogP contribution >= 0.6 is 0 Å². The fraction of sp³-hybridized carbons (Fsp3) is 0.559. The third-order valence-corrected chi connectivity index (χ3v) is 10.4. The van der Waals surface area contributed by atoms with Crippen LogP contribution in [0.1, 0.15) is 86.7 Å². The molecule has 38 heavy (non-hydrogen) atoms. The molecule has 3 saturated carbocycles. The predicted octanol–water partition coefficient (Wildman–Crippen LogP) is 6.56. The minimum absolute atomic E-state index is 0.0709. The second-order valence-corrected chi connectivity index (χ2v) is 12.5. The average molecular weight is 518 g/mol. The van der Waals surface area contributed by atoms with Crippen molar-refractivity contribution >= 4 is 5.78 Å². The lowest BCUT2D eigenvalue weighted by atomic mass is 9.53. The van der Waals surface area contributed by atoms with Crippen molar-refractivity contribution in [2.75, 3.05) is 13.7 Å². The third-order valence-electron chi connectivity index (χ3n) is 10.4. The fourth-order valence-corrected chi connectivity index (χ4v) is 7.49. The topological polar surface area (TPSA) is 69.6 Å². The van der Waals surface area contributed by atoms with Crippen molar-refractivity contribution in [3.63, 3.8) is 0 Å². The van der Waals surface area contributed by atoms with Crippen molar-refractivity contribution in [1.29, 1.82) is 0 Å². The minimum atomic E-state index is -0.199. The van der Waals surface area contributed by atoms with Crippen LogP contribution in [-0.2, 0) is 6.54 Å². The summed E-state index contributed by atoms with van der Waals surface area (Å²) in [4.78, 5) is 12.1. The number of rotatable bonds is 6. The average Bonchev–Trinajstić information content (AvgIpc) is 3.24. The predicted molar refractivity (Wildman–Crippen MR) is 155 cm³/mol. The molecule has 0 radical (unpaired) electrons. The van der Waals surface area contributed by atoms with Gasteiger partial charge >= 0.3 is 0 Å². The van der Waals surface area contributed by atoms with E-state index < -0.39 is 0 Å². The molecule has 206 valence electrons. The van der Waals surface area contributed by atoms with Crippen LogP contribution in [0.3, 0.4) is 0 Å². The number of aliphatic hydroxyl groups is 2. The summed E-state index contributed by atoms with van der Waals surface area (Å²) in [6.45, 7) is 10.2. The number of benzene rings is 2. The largest absolute Gasteiger partial charge is 0.396 e. The van der Waals surface area contributed by atoms with Gasteiger partial charge in [-0.05, 0) is 92.6 Å². The van der Waals surface area contributed by atoms with E-state index in [1.165, 1.54) is 43.2 Å². The van der Waals surface area contributed by atoms with E-state index in [1.807, 2.05) is 61.6 Å². The van der Waals surface area contributed by atoms with Crippen LogP contribution in [0.25, 0.3) is 0 Å². The van der Waals surface area contributed by atoms with Crippen molar-refractivity contribution in [3.05, 3.63) is 83.4 Å². The Labute approximate surface area is 229 Å². The second kappa shape index (κ2) is 12.3. The van der Waals surface area contributed by atoms with Crippen LogP contribution in [0, 0.1) is 28.6 Å². The number of aliphatic hydroxyl groups excluding tert-OH is 2. The Balaban J connectivity index is 0.000000181. The SMILES string of the molecule is C=C1CCC2CC(C3(C)CCC(O)CC3CO)CCC12C.CNCc1ccc(C(=O)c2ccccc2)cc1. The van der Waals surface area contributed by atoms with Gasteiger partial charge in [0.2, 0.25) is 0 Å². The minimum Gasteiger partial charge on any atom is -0.396 e. The molecule has 5 rings (SSSR count). The van der Waals surface area contributed by atoms with Gasteiger partial charge in [-0.1, -0.05) is 80.6 Å². The van der Waals surface area contributed by atoms with E-state index in [9.17, 15) is 15.0 Å². The summed E-state index contributed by atoms with van der Waals surface area (Å²) in [7, 11) is 1.91. The highest BCUT2D eigenvalue weighted by molar-refractivity contribution is 6.08. The summed E-state index contributed by atoms with van der Waals surface area (Å²) in [5.74, 6) is 1.86. The summed E-state index contributed by atoms with van der Waals surface area (Å²) >= 11 is 0. The van der Waals surface area contributed by atoms with Crippen molar-refractivity contribution in [2.24, 2.45) is 28.6 Å². The summed E-state index contributed by atoms with van der Waals surface area (Å²) < 4.78 is 0. The molecule has 0 amide bonds. The molecule has 0 aromatic heterocycles. The Hall–Kier alpha value is -2.27. The van der Waals surface area contributed by atoms with Gasteiger partial charge in [-0.2, -0.15) is 0 Å². The molecule has 3 aliphatic rings. The smallest absolute Gasteiger partial charge is 0.193 e. The highest BCUT2D eigenvalue weighted by Gasteiger charge is 2.52. The number of allylic oxidation sites excluding steroid dienone is 1. The molecule has 4 heteroatoms. The van der Waals surface area contributed by atoms with Crippen LogP contribution in [0.2, 0.25) is 0 Å². The Kier molecular flexibility index (Phi) is 9.28. The van der Waals surface area contributed by atoms with E-state index in [1.54, 1.807) is 0 Å². The van der Waals surface area contributed by atoms with Crippen LogP contribution in [0.15, 0.2) is 66.7 Å². The Morgan fingerprint density at radius 1 is 0.947 bits per heavy atom. The van der Waals surface area contributed by atoms with Crippen molar-refractivity contribution < 1.29 is 15.0 Å². The first-order chi connectivity index (χ1) is 18.2. The quantitative estimate of drug-likeness (QED) is 0.300. The number of fused-ring (bicyclic) bond motifs is 1. The first kappa shape index (κ1) is 28.7. The van der Waals surface area contributed by atoms with Crippen LogP contribution in [0.5, 0.6) is 0 Å². The maximum Gasteiger partial charge on any atom is 0.193 e. The molecule has 3 N–H and O–H groups in total. The molecule has 0 heterocycles. The molecule has 0 spiro atoms. The van der Waals surface area contributed by atoms with Crippen LogP contribution in [-0.4, -0.2) is 35.8 Å². The van der Waals surface area contributed by atoms with Crippen molar-refractivity contribution in [3.8, 4) is 0 Å². The number of nitrogens with one attached hydrogen (secondary N) is 1. The van der Waals surface area contributed by atoms with Gasteiger partial charge in [0, 0.05) is 24.3 Å². The molecular weight excluding hydrogens is 470 g/mol. The molecule has 3 fully saturated rings.